The number of benzene rings is 1. The molecule has 120 valence electrons. The number of methoxy groups -OCH3 is 1. The van der Waals surface area contributed by atoms with Gasteiger partial charge in [0.05, 0.1) is 12.7 Å². The minimum Gasteiger partial charge on any atom is -0.465 e. The number of ether oxygens (including phenoxy) is 1. The number of rotatable bonds is 3. The van der Waals surface area contributed by atoms with Crippen LogP contribution in [0.15, 0.2) is 18.2 Å². The molecule has 0 spiro atoms. The van der Waals surface area contributed by atoms with Crippen molar-refractivity contribution in [1.82, 2.24) is 0 Å². The highest BCUT2D eigenvalue weighted by Crippen LogP contribution is 2.49. The van der Waals surface area contributed by atoms with E-state index >= 15 is 0 Å². The molecular formula is C18H22F2O2. The van der Waals surface area contributed by atoms with Gasteiger partial charge in [-0.05, 0) is 41.9 Å². The maximum absolute atomic E-state index is 13.1. The van der Waals surface area contributed by atoms with Crippen LogP contribution in [0.4, 0.5) is 8.78 Å². The highest BCUT2D eigenvalue weighted by Gasteiger charge is 2.46. The van der Waals surface area contributed by atoms with Crippen molar-refractivity contribution in [1.29, 1.82) is 0 Å². The van der Waals surface area contributed by atoms with Gasteiger partial charge in [0.2, 0.25) is 5.92 Å². The third kappa shape index (κ3) is 3.01. The lowest BCUT2D eigenvalue weighted by atomic mass is 9.74. The molecule has 22 heavy (non-hydrogen) atoms. The topological polar surface area (TPSA) is 26.3 Å². The third-order valence-corrected chi connectivity index (χ3v) is 5.09. The van der Waals surface area contributed by atoms with Crippen molar-refractivity contribution in [2.45, 2.75) is 62.7 Å². The van der Waals surface area contributed by atoms with Gasteiger partial charge in [0.25, 0.3) is 0 Å². The van der Waals surface area contributed by atoms with Crippen LogP contribution in [0.25, 0.3) is 0 Å². The second-order valence-electron chi connectivity index (χ2n) is 6.63. The van der Waals surface area contributed by atoms with E-state index in [1.807, 2.05) is 12.1 Å². The van der Waals surface area contributed by atoms with E-state index in [9.17, 15) is 13.6 Å². The van der Waals surface area contributed by atoms with Crippen LogP contribution >= 0.6 is 0 Å². The summed E-state index contributed by atoms with van der Waals surface area (Å²) in [6, 6.07) is 5.57. The number of esters is 1. The summed E-state index contributed by atoms with van der Waals surface area (Å²) in [4.78, 5) is 12.0. The van der Waals surface area contributed by atoms with Gasteiger partial charge in [0, 0.05) is 12.8 Å². The van der Waals surface area contributed by atoms with E-state index in [0.717, 1.165) is 36.8 Å². The highest BCUT2D eigenvalue weighted by atomic mass is 19.3. The van der Waals surface area contributed by atoms with Crippen LogP contribution in [0.2, 0.25) is 0 Å². The van der Waals surface area contributed by atoms with Crippen molar-refractivity contribution in [3.63, 3.8) is 0 Å². The Kier molecular flexibility index (Phi) is 4.20. The molecule has 1 aromatic rings. The maximum Gasteiger partial charge on any atom is 0.338 e. The molecule has 0 saturated heterocycles. The van der Waals surface area contributed by atoms with Crippen LogP contribution in [0.3, 0.4) is 0 Å². The lowest BCUT2D eigenvalue weighted by Crippen LogP contribution is -2.33. The largest absolute Gasteiger partial charge is 0.465 e. The number of hydrogen-bond donors (Lipinski definition) is 0. The molecule has 0 aromatic heterocycles. The average molecular weight is 308 g/mol. The van der Waals surface area contributed by atoms with Gasteiger partial charge in [-0.25, -0.2) is 13.6 Å². The number of carbonyl (C=O) groups is 1. The molecule has 2 nitrogen and oxygen atoms in total. The van der Waals surface area contributed by atoms with E-state index in [1.165, 1.54) is 13.5 Å². The van der Waals surface area contributed by atoms with E-state index < -0.39 is 5.92 Å². The summed E-state index contributed by atoms with van der Waals surface area (Å²) >= 11 is 0. The van der Waals surface area contributed by atoms with E-state index in [0.29, 0.717) is 11.5 Å². The molecule has 0 heterocycles. The van der Waals surface area contributed by atoms with Crippen LogP contribution in [0, 0.1) is 0 Å². The van der Waals surface area contributed by atoms with E-state index in [4.69, 9.17) is 4.74 Å². The van der Waals surface area contributed by atoms with Crippen LogP contribution in [0.5, 0.6) is 0 Å². The molecule has 4 heteroatoms. The monoisotopic (exact) mass is 308 g/mol. The molecule has 2 aliphatic rings. The molecule has 0 amide bonds. The Morgan fingerprint density at radius 3 is 2.41 bits per heavy atom. The Balaban J connectivity index is 1.90. The highest BCUT2D eigenvalue weighted by molar-refractivity contribution is 5.91. The Morgan fingerprint density at radius 1 is 1.14 bits per heavy atom. The Bertz CT molecular complexity index is 554. The van der Waals surface area contributed by atoms with Gasteiger partial charge in [-0.1, -0.05) is 31.4 Å². The first kappa shape index (κ1) is 15.4. The maximum atomic E-state index is 13.1. The standard InChI is InChI=1S/C18H22F2O2/c1-22-17(21)15-8-7-13(14-10-18(19,20)11-14)9-16(15)12-5-3-2-4-6-12/h7-9,12,14H,2-6,10-11H2,1H3. The van der Waals surface area contributed by atoms with Crippen molar-refractivity contribution in [2.24, 2.45) is 0 Å². The Labute approximate surface area is 129 Å². The molecule has 0 radical (unpaired) electrons. The minimum absolute atomic E-state index is 0.0747. The zero-order valence-electron chi connectivity index (χ0n) is 12.9. The smallest absolute Gasteiger partial charge is 0.338 e. The fourth-order valence-corrected chi connectivity index (χ4v) is 3.78. The summed E-state index contributed by atoms with van der Waals surface area (Å²) in [5.74, 6) is -2.57. The first-order chi connectivity index (χ1) is 10.5. The Hall–Kier alpha value is -1.45. The summed E-state index contributed by atoms with van der Waals surface area (Å²) in [5.41, 5.74) is 2.54. The first-order valence-electron chi connectivity index (χ1n) is 8.10. The number of halogens is 2. The van der Waals surface area contributed by atoms with E-state index in [-0.39, 0.29) is 24.7 Å². The van der Waals surface area contributed by atoms with Gasteiger partial charge in [-0.3, -0.25) is 0 Å². The summed E-state index contributed by atoms with van der Waals surface area (Å²) in [6.07, 6.45) is 5.54. The first-order valence-corrected chi connectivity index (χ1v) is 8.10. The molecule has 2 aliphatic carbocycles. The van der Waals surface area contributed by atoms with Crippen LogP contribution < -0.4 is 0 Å². The van der Waals surface area contributed by atoms with Gasteiger partial charge in [0.1, 0.15) is 0 Å². The zero-order chi connectivity index (χ0) is 15.7. The SMILES string of the molecule is COC(=O)c1ccc(C2CC(F)(F)C2)cc1C1CCCCC1. The Morgan fingerprint density at radius 2 is 1.82 bits per heavy atom. The van der Waals surface area contributed by atoms with E-state index in [1.54, 1.807) is 6.07 Å². The van der Waals surface area contributed by atoms with Gasteiger partial charge in [-0.2, -0.15) is 0 Å². The summed E-state index contributed by atoms with van der Waals surface area (Å²) in [5, 5.41) is 0. The molecule has 0 bridgehead atoms. The second-order valence-corrected chi connectivity index (χ2v) is 6.63. The fourth-order valence-electron chi connectivity index (χ4n) is 3.78. The lowest BCUT2D eigenvalue weighted by molar-refractivity contribution is -0.0867. The molecular weight excluding hydrogens is 286 g/mol. The normalized spacial score (nSPS) is 22.1. The predicted molar refractivity (Wildman–Crippen MR) is 80.5 cm³/mol. The van der Waals surface area contributed by atoms with Crippen molar-refractivity contribution < 1.29 is 18.3 Å². The average Bonchev–Trinajstić information content (AvgIpc) is 2.52. The van der Waals surface area contributed by atoms with Gasteiger partial charge in [0.15, 0.2) is 0 Å². The molecule has 2 fully saturated rings. The molecule has 2 saturated carbocycles. The van der Waals surface area contributed by atoms with Crippen molar-refractivity contribution in [2.75, 3.05) is 7.11 Å². The predicted octanol–water partition coefficient (Wildman–Crippen LogP) is 5.03. The number of carbonyl (C=O) groups excluding carboxylic acids is 1. The van der Waals surface area contributed by atoms with E-state index in [2.05, 4.69) is 0 Å². The second kappa shape index (κ2) is 5.98. The summed E-state index contributed by atoms with van der Waals surface area (Å²) in [6.45, 7) is 0. The molecule has 0 aliphatic heterocycles. The van der Waals surface area contributed by atoms with Crippen LogP contribution in [-0.2, 0) is 4.74 Å². The number of hydrogen-bond acceptors (Lipinski definition) is 2. The summed E-state index contributed by atoms with van der Waals surface area (Å²) < 4.78 is 31.1. The molecule has 0 atom stereocenters. The van der Waals surface area contributed by atoms with Crippen molar-refractivity contribution in [3.8, 4) is 0 Å². The molecule has 3 rings (SSSR count). The molecule has 1 aromatic carbocycles. The number of alkyl halides is 2. The third-order valence-electron chi connectivity index (χ3n) is 5.09. The fraction of sp³-hybridized carbons (Fsp3) is 0.611. The van der Waals surface area contributed by atoms with Crippen LogP contribution in [-0.4, -0.2) is 19.0 Å². The summed E-state index contributed by atoms with van der Waals surface area (Å²) in [7, 11) is 1.38. The molecule has 0 unspecified atom stereocenters. The zero-order valence-corrected chi connectivity index (χ0v) is 12.9. The van der Waals surface area contributed by atoms with Gasteiger partial charge < -0.3 is 4.74 Å². The van der Waals surface area contributed by atoms with Crippen molar-refractivity contribution in [3.05, 3.63) is 34.9 Å². The minimum atomic E-state index is -2.52. The lowest BCUT2D eigenvalue weighted by Gasteiger charge is -2.36. The quantitative estimate of drug-likeness (QED) is 0.732. The van der Waals surface area contributed by atoms with Gasteiger partial charge in [-0.15, -0.1) is 0 Å². The van der Waals surface area contributed by atoms with Crippen molar-refractivity contribution >= 4 is 5.97 Å². The van der Waals surface area contributed by atoms with Gasteiger partial charge >= 0.3 is 5.97 Å². The van der Waals surface area contributed by atoms with Crippen LogP contribution in [0.1, 0.15) is 78.3 Å². The molecule has 0 N–H and O–H groups in total.